The Balaban J connectivity index is 1.82. The van der Waals surface area contributed by atoms with E-state index in [1.54, 1.807) is 49.5 Å². The summed E-state index contributed by atoms with van der Waals surface area (Å²) in [7, 11) is 1.62. The average molecular weight is 295 g/mol. The van der Waals surface area contributed by atoms with Gasteiger partial charge >= 0.3 is 5.91 Å². The van der Waals surface area contributed by atoms with Gasteiger partial charge in [-0.3, -0.25) is 9.69 Å². The number of rotatable bonds is 0. The molecule has 0 aromatic heterocycles. The molecule has 0 bridgehead atoms. The summed E-state index contributed by atoms with van der Waals surface area (Å²) >= 11 is 0. The lowest BCUT2D eigenvalue weighted by molar-refractivity contribution is -0.166. The maximum atomic E-state index is 12.6. The van der Waals surface area contributed by atoms with Crippen LogP contribution in [0.1, 0.15) is 15.9 Å². The lowest BCUT2D eigenvalue weighted by atomic mass is 10.1. The highest BCUT2D eigenvalue weighted by Gasteiger charge is 2.47. The number of hydrogen-bond donors (Lipinski definition) is 1. The summed E-state index contributed by atoms with van der Waals surface area (Å²) in [6, 6.07) is 11.9. The Hall–Kier alpha value is -2.95. The number of para-hydroxylation sites is 1. The van der Waals surface area contributed by atoms with Crippen molar-refractivity contribution in [1.82, 2.24) is 4.90 Å². The molecule has 2 aromatic rings. The summed E-state index contributed by atoms with van der Waals surface area (Å²) in [6.45, 7) is 0. The Labute approximate surface area is 127 Å². The van der Waals surface area contributed by atoms with E-state index in [2.05, 4.69) is 0 Å². The second-order valence-corrected chi connectivity index (χ2v) is 5.25. The lowest BCUT2D eigenvalue weighted by Crippen LogP contribution is -2.60. The van der Waals surface area contributed by atoms with Gasteiger partial charge in [-0.05, 0) is 30.3 Å². The molecule has 0 saturated carbocycles. The summed E-state index contributed by atoms with van der Waals surface area (Å²) in [4.78, 5) is 14.0. The van der Waals surface area contributed by atoms with Crippen molar-refractivity contribution in [3.63, 3.8) is 0 Å². The zero-order valence-corrected chi connectivity index (χ0v) is 11.8. The Morgan fingerprint density at radius 1 is 1.09 bits per heavy atom. The van der Waals surface area contributed by atoms with Gasteiger partial charge in [-0.15, -0.1) is 0 Å². The first kappa shape index (κ1) is 12.8. The fourth-order valence-corrected chi connectivity index (χ4v) is 2.65. The fourth-order valence-electron chi connectivity index (χ4n) is 2.65. The summed E-state index contributed by atoms with van der Waals surface area (Å²) in [5, 5.41) is 9.63. The molecule has 1 spiro atoms. The number of likely N-dealkylation sites (N-methyl/N-ethyl adjacent to an activating group) is 1. The summed E-state index contributed by atoms with van der Waals surface area (Å²) in [5.74, 6) is -0.503. The number of nitrogens with zero attached hydrogens (tertiary/aromatic N) is 1. The number of carbonyl (C=O) groups is 1. The third kappa shape index (κ3) is 1.69. The normalized spacial score (nSPS) is 21.9. The van der Waals surface area contributed by atoms with Crippen LogP contribution in [-0.2, 0) is 0 Å². The van der Waals surface area contributed by atoms with Crippen molar-refractivity contribution < 1.29 is 19.4 Å². The highest BCUT2D eigenvalue weighted by molar-refractivity contribution is 5.98. The van der Waals surface area contributed by atoms with E-state index in [4.69, 9.17) is 9.47 Å². The molecule has 1 N–H and O–H groups in total. The van der Waals surface area contributed by atoms with Crippen LogP contribution in [0.3, 0.4) is 0 Å². The molecule has 2 aliphatic rings. The van der Waals surface area contributed by atoms with E-state index in [9.17, 15) is 9.90 Å². The highest BCUT2D eigenvalue weighted by Crippen LogP contribution is 2.40. The molecule has 1 atom stereocenters. The van der Waals surface area contributed by atoms with Crippen LogP contribution in [0.2, 0.25) is 0 Å². The van der Waals surface area contributed by atoms with Gasteiger partial charge in [0.1, 0.15) is 17.2 Å². The minimum Gasteiger partial charge on any atom is -0.508 e. The molecular weight excluding hydrogens is 282 g/mol. The predicted octanol–water partition coefficient (Wildman–Crippen LogP) is 2.62. The van der Waals surface area contributed by atoms with Gasteiger partial charge in [-0.25, -0.2) is 0 Å². The van der Waals surface area contributed by atoms with Crippen molar-refractivity contribution in [2.45, 2.75) is 5.91 Å². The number of aromatic hydroxyl groups is 1. The Bertz CT molecular complexity index is 814. The van der Waals surface area contributed by atoms with E-state index in [1.807, 2.05) is 6.08 Å². The van der Waals surface area contributed by atoms with Gasteiger partial charge < -0.3 is 14.6 Å². The number of phenols is 1. The molecule has 4 rings (SSSR count). The molecule has 2 heterocycles. The standard InChI is InChI=1S/C17H13NO4/c1-18-16(20)13-4-2-3-5-14(13)21-17(18)9-8-11-6-7-12(19)10-15(11)22-17/h2-10,19H,1H3. The molecule has 0 saturated heterocycles. The van der Waals surface area contributed by atoms with Gasteiger partial charge in [0, 0.05) is 24.8 Å². The van der Waals surface area contributed by atoms with Crippen LogP contribution >= 0.6 is 0 Å². The monoisotopic (exact) mass is 295 g/mol. The minimum atomic E-state index is -1.34. The molecule has 2 aliphatic heterocycles. The first-order valence-electron chi connectivity index (χ1n) is 6.86. The Kier molecular flexibility index (Phi) is 2.48. The first-order valence-corrected chi connectivity index (χ1v) is 6.86. The minimum absolute atomic E-state index is 0.0920. The largest absolute Gasteiger partial charge is 0.508 e. The van der Waals surface area contributed by atoms with Crippen molar-refractivity contribution in [3.05, 3.63) is 59.7 Å². The van der Waals surface area contributed by atoms with Gasteiger partial charge in [-0.1, -0.05) is 12.1 Å². The summed E-state index contributed by atoms with van der Waals surface area (Å²) in [5.41, 5.74) is 1.31. The Morgan fingerprint density at radius 2 is 1.86 bits per heavy atom. The van der Waals surface area contributed by atoms with Crippen LogP contribution in [0.25, 0.3) is 6.08 Å². The van der Waals surface area contributed by atoms with Gasteiger partial charge in [0.15, 0.2) is 0 Å². The zero-order chi connectivity index (χ0) is 15.3. The smallest absolute Gasteiger partial charge is 0.362 e. The summed E-state index contributed by atoms with van der Waals surface area (Å²) < 4.78 is 11.9. The second-order valence-electron chi connectivity index (χ2n) is 5.25. The highest BCUT2D eigenvalue weighted by atomic mass is 16.7. The fraction of sp³-hybridized carbons (Fsp3) is 0.118. The van der Waals surface area contributed by atoms with Crippen LogP contribution < -0.4 is 9.47 Å². The van der Waals surface area contributed by atoms with E-state index in [1.165, 1.54) is 11.0 Å². The molecule has 22 heavy (non-hydrogen) atoms. The van der Waals surface area contributed by atoms with Crippen LogP contribution in [-0.4, -0.2) is 28.9 Å². The number of carbonyl (C=O) groups excluding carboxylic acids is 1. The third-order valence-corrected chi connectivity index (χ3v) is 3.87. The molecule has 1 amide bonds. The van der Waals surface area contributed by atoms with E-state index in [-0.39, 0.29) is 11.7 Å². The van der Waals surface area contributed by atoms with Crippen LogP contribution in [0.15, 0.2) is 48.5 Å². The molecule has 5 nitrogen and oxygen atoms in total. The van der Waals surface area contributed by atoms with Crippen molar-refractivity contribution in [3.8, 4) is 17.2 Å². The predicted molar refractivity (Wildman–Crippen MR) is 79.7 cm³/mol. The maximum absolute atomic E-state index is 12.6. The molecule has 0 radical (unpaired) electrons. The number of benzene rings is 2. The average Bonchev–Trinajstić information content (AvgIpc) is 2.52. The topological polar surface area (TPSA) is 59.0 Å². The summed E-state index contributed by atoms with van der Waals surface area (Å²) in [6.07, 6.45) is 3.51. The van der Waals surface area contributed by atoms with Crippen LogP contribution in [0, 0.1) is 0 Å². The zero-order valence-electron chi connectivity index (χ0n) is 11.8. The van der Waals surface area contributed by atoms with Gasteiger partial charge in [0.25, 0.3) is 5.91 Å². The molecular formula is C17H13NO4. The van der Waals surface area contributed by atoms with Crippen molar-refractivity contribution in [1.29, 1.82) is 0 Å². The number of amides is 1. The Morgan fingerprint density at radius 3 is 2.73 bits per heavy atom. The first-order chi connectivity index (χ1) is 10.6. The molecule has 1 unspecified atom stereocenters. The number of fused-ring (bicyclic) bond motifs is 2. The molecule has 0 fully saturated rings. The quantitative estimate of drug-likeness (QED) is 0.811. The van der Waals surface area contributed by atoms with Crippen LogP contribution in [0.5, 0.6) is 17.2 Å². The van der Waals surface area contributed by atoms with E-state index in [0.717, 1.165) is 5.56 Å². The second kappa shape index (κ2) is 4.27. The number of phenolic OH excluding ortho intramolecular Hbond substituents is 1. The van der Waals surface area contributed by atoms with Crippen LogP contribution in [0.4, 0.5) is 0 Å². The maximum Gasteiger partial charge on any atom is 0.362 e. The van der Waals surface area contributed by atoms with E-state index < -0.39 is 5.91 Å². The molecule has 110 valence electrons. The molecule has 0 aliphatic carbocycles. The van der Waals surface area contributed by atoms with Crippen molar-refractivity contribution in [2.24, 2.45) is 0 Å². The number of hydrogen-bond acceptors (Lipinski definition) is 4. The van der Waals surface area contributed by atoms with Gasteiger partial charge in [-0.2, -0.15) is 0 Å². The van der Waals surface area contributed by atoms with E-state index >= 15 is 0 Å². The van der Waals surface area contributed by atoms with Gasteiger partial charge in [0.2, 0.25) is 0 Å². The van der Waals surface area contributed by atoms with E-state index in [0.29, 0.717) is 17.1 Å². The van der Waals surface area contributed by atoms with Crippen molar-refractivity contribution in [2.75, 3.05) is 7.05 Å². The SMILES string of the molecule is CN1C(=O)c2ccccc2OC12C=Cc1ccc(O)cc1O2. The molecule has 2 aromatic carbocycles. The third-order valence-electron chi connectivity index (χ3n) is 3.87. The number of ether oxygens (including phenoxy) is 2. The molecule has 5 heteroatoms. The van der Waals surface area contributed by atoms with Gasteiger partial charge in [0.05, 0.1) is 5.56 Å². The van der Waals surface area contributed by atoms with Crippen molar-refractivity contribution >= 4 is 12.0 Å². The lowest BCUT2D eigenvalue weighted by Gasteiger charge is -2.43.